The second-order valence-electron chi connectivity index (χ2n) is 13.5. The molecule has 1 unspecified atom stereocenters. The molecule has 0 bridgehead atoms. The number of hydrogen-bond acceptors (Lipinski definition) is 3. The lowest BCUT2D eigenvalue weighted by atomic mass is 9.74. The average molecular weight is 653 g/mol. The maximum absolute atomic E-state index is 6.47. The van der Waals surface area contributed by atoms with Crippen molar-refractivity contribution in [3.63, 3.8) is 0 Å². The molecule has 2 aromatic heterocycles. The summed E-state index contributed by atoms with van der Waals surface area (Å²) in [6.45, 7) is 2.36. The van der Waals surface area contributed by atoms with E-state index in [0.717, 1.165) is 55.6 Å². The number of furan rings is 1. The zero-order valence-corrected chi connectivity index (χ0v) is 28.0. The van der Waals surface area contributed by atoms with Gasteiger partial charge < -0.3 is 4.42 Å². The summed E-state index contributed by atoms with van der Waals surface area (Å²) in [7, 11) is 0. The fourth-order valence-electron chi connectivity index (χ4n) is 8.11. The van der Waals surface area contributed by atoms with Crippen LogP contribution in [0.2, 0.25) is 0 Å². The first kappa shape index (κ1) is 29.3. The predicted octanol–water partition coefficient (Wildman–Crippen LogP) is 12.4. The van der Waals surface area contributed by atoms with Gasteiger partial charge in [0.1, 0.15) is 11.2 Å². The Morgan fingerprint density at radius 2 is 1.06 bits per heavy atom. The molecule has 7 aromatic carbocycles. The second kappa shape index (κ2) is 11.5. The highest BCUT2D eigenvalue weighted by molar-refractivity contribution is 6.09. The standard InChI is InChI=1S/C48H32N2O/c1-48(34-19-6-3-7-20-34)40-26-10-8-22-38(40)45-35(23-14-27-41(45)48)32-17-12-18-33(29-32)42-30-43(50-47(49-42)31-15-4-2-5-16-31)39-25-13-24-37-36-21-9-11-28-44(36)51-46(37)39/h2-30H,1H3. The van der Waals surface area contributed by atoms with Crippen molar-refractivity contribution < 1.29 is 4.42 Å². The van der Waals surface area contributed by atoms with E-state index >= 15 is 0 Å². The monoisotopic (exact) mass is 652 g/mol. The van der Waals surface area contributed by atoms with E-state index in [2.05, 4.69) is 153 Å². The van der Waals surface area contributed by atoms with Gasteiger partial charge in [-0.25, -0.2) is 9.97 Å². The van der Waals surface area contributed by atoms with E-state index in [1.807, 2.05) is 30.3 Å². The summed E-state index contributed by atoms with van der Waals surface area (Å²) in [6.07, 6.45) is 0. The molecule has 51 heavy (non-hydrogen) atoms. The van der Waals surface area contributed by atoms with Crippen LogP contribution < -0.4 is 0 Å². The number of hydrogen-bond donors (Lipinski definition) is 0. The van der Waals surface area contributed by atoms with Crippen molar-refractivity contribution in [1.82, 2.24) is 9.97 Å². The Morgan fingerprint density at radius 3 is 1.94 bits per heavy atom. The van der Waals surface area contributed by atoms with Crippen LogP contribution in [-0.2, 0) is 5.41 Å². The highest BCUT2D eigenvalue weighted by Gasteiger charge is 2.41. The molecule has 240 valence electrons. The van der Waals surface area contributed by atoms with Gasteiger partial charge in [-0.1, -0.05) is 152 Å². The van der Waals surface area contributed by atoms with Crippen LogP contribution in [0.15, 0.2) is 180 Å². The number of nitrogens with zero attached hydrogens (tertiary/aromatic N) is 2. The SMILES string of the molecule is CC1(c2ccccc2)c2ccccc2-c2c(-c3cccc(-c4cc(-c5cccc6c5oc5ccccc56)nc(-c5ccccc5)n4)c3)cccc21. The van der Waals surface area contributed by atoms with E-state index in [4.69, 9.17) is 14.4 Å². The summed E-state index contributed by atoms with van der Waals surface area (Å²) in [6, 6.07) is 62.1. The first-order chi connectivity index (χ1) is 25.2. The first-order valence-corrected chi connectivity index (χ1v) is 17.4. The van der Waals surface area contributed by atoms with Crippen molar-refractivity contribution in [1.29, 1.82) is 0 Å². The molecule has 0 saturated heterocycles. The summed E-state index contributed by atoms with van der Waals surface area (Å²) >= 11 is 0. The number of aromatic nitrogens is 2. The molecule has 0 amide bonds. The van der Waals surface area contributed by atoms with Crippen molar-refractivity contribution in [3.8, 4) is 56.2 Å². The van der Waals surface area contributed by atoms with E-state index in [9.17, 15) is 0 Å². The van der Waals surface area contributed by atoms with Crippen molar-refractivity contribution in [2.45, 2.75) is 12.3 Å². The lowest BCUT2D eigenvalue weighted by Gasteiger charge is -2.28. The smallest absolute Gasteiger partial charge is 0.160 e. The molecule has 0 spiro atoms. The zero-order chi connectivity index (χ0) is 33.9. The molecule has 1 aliphatic carbocycles. The predicted molar refractivity (Wildman–Crippen MR) is 208 cm³/mol. The summed E-state index contributed by atoms with van der Waals surface area (Å²) in [5.74, 6) is 0.676. The van der Waals surface area contributed by atoms with Gasteiger partial charge in [-0.2, -0.15) is 0 Å². The molecule has 9 aromatic rings. The van der Waals surface area contributed by atoms with Gasteiger partial charge in [0.25, 0.3) is 0 Å². The number of para-hydroxylation sites is 2. The minimum absolute atomic E-state index is 0.259. The van der Waals surface area contributed by atoms with E-state index in [1.54, 1.807) is 0 Å². The molecule has 0 saturated carbocycles. The molecule has 0 aliphatic heterocycles. The highest BCUT2D eigenvalue weighted by atomic mass is 16.3. The lowest BCUT2D eigenvalue weighted by molar-refractivity contribution is 0.670. The zero-order valence-electron chi connectivity index (χ0n) is 28.0. The van der Waals surface area contributed by atoms with Gasteiger partial charge in [0, 0.05) is 32.9 Å². The summed E-state index contributed by atoms with van der Waals surface area (Å²) in [4.78, 5) is 10.3. The quantitative estimate of drug-likeness (QED) is 0.186. The minimum Gasteiger partial charge on any atom is -0.455 e. The fourth-order valence-corrected chi connectivity index (χ4v) is 8.11. The molecular formula is C48H32N2O. The van der Waals surface area contributed by atoms with Crippen molar-refractivity contribution in [2.75, 3.05) is 0 Å². The van der Waals surface area contributed by atoms with Crippen LogP contribution in [0.3, 0.4) is 0 Å². The third-order valence-electron chi connectivity index (χ3n) is 10.6. The second-order valence-corrected chi connectivity index (χ2v) is 13.5. The summed E-state index contributed by atoms with van der Waals surface area (Å²) in [5.41, 5.74) is 15.0. The molecule has 0 fully saturated rings. The fraction of sp³-hybridized carbons (Fsp3) is 0.0417. The molecule has 10 rings (SSSR count). The Bertz CT molecular complexity index is 2760. The van der Waals surface area contributed by atoms with Gasteiger partial charge in [0.15, 0.2) is 5.82 Å². The van der Waals surface area contributed by atoms with E-state index < -0.39 is 0 Å². The van der Waals surface area contributed by atoms with Gasteiger partial charge >= 0.3 is 0 Å². The maximum Gasteiger partial charge on any atom is 0.160 e. The normalized spacial score (nSPS) is 14.8. The number of fused-ring (bicyclic) bond motifs is 6. The Kier molecular flexibility index (Phi) is 6.62. The van der Waals surface area contributed by atoms with Crippen LogP contribution in [0.25, 0.3) is 78.1 Å². The molecule has 0 N–H and O–H groups in total. The largest absolute Gasteiger partial charge is 0.455 e. The Labute approximate surface area is 296 Å². The van der Waals surface area contributed by atoms with Gasteiger partial charge in [-0.15, -0.1) is 0 Å². The molecule has 1 atom stereocenters. The lowest BCUT2D eigenvalue weighted by Crippen LogP contribution is -2.22. The third-order valence-corrected chi connectivity index (χ3v) is 10.6. The van der Waals surface area contributed by atoms with Gasteiger partial charge in [-0.3, -0.25) is 0 Å². The summed E-state index contributed by atoms with van der Waals surface area (Å²) in [5, 5.41) is 2.17. The average Bonchev–Trinajstić information content (AvgIpc) is 3.72. The highest BCUT2D eigenvalue weighted by Crippen LogP contribution is 2.55. The Balaban J connectivity index is 1.16. The van der Waals surface area contributed by atoms with Crippen LogP contribution in [0.1, 0.15) is 23.6 Å². The van der Waals surface area contributed by atoms with Gasteiger partial charge in [0.05, 0.1) is 11.4 Å². The van der Waals surface area contributed by atoms with Crippen LogP contribution in [0.5, 0.6) is 0 Å². The molecule has 3 nitrogen and oxygen atoms in total. The van der Waals surface area contributed by atoms with Crippen LogP contribution >= 0.6 is 0 Å². The van der Waals surface area contributed by atoms with Gasteiger partial charge in [-0.05, 0) is 70.1 Å². The molecule has 3 heteroatoms. The number of benzene rings is 7. The Morgan fingerprint density at radius 1 is 0.451 bits per heavy atom. The van der Waals surface area contributed by atoms with Gasteiger partial charge in [0.2, 0.25) is 0 Å². The Hall–Kier alpha value is -6.58. The third kappa shape index (κ3) is 4.59. The number of rotatable bonds is 5. The van der Waals surface area contributed by atoms with Crippen LogP contribution in [-0.4, -0.2) is 9.97 Å². The first-order valence-electron chi connectivity index (χ1n) is 17.4. The van der Waals surface area contributed by atoms with Crippen molar-refractivity contribution in [3.05, 3.63) is 193 Å². The van der Waals surface area contributed by atoms with E-state index in [-0.39, 0.29) is 5.41 Å². The van der Waals surface area contributed by atoms with E-state index in [0.29, 0.717) is 5.82 Å². The molecule has 2 heterocycles. The topological polar surface area (TPSA) is 38.9 Å². The minimum atomic E-state index is -0.259. The summed E-state index contributed by atoms with van der Waals surface area (Å²) < 4.78 is 6.47. The van der Waals surface area contributed by atoms with E-state index in [1.165, 1.54) is 33.4 Å². The molecular weight excluding hydrogens is 621 g/mol. The van der Waals surface area contributed by atoms with Crippen molar-refractivity contribution in [2.24, 2.45) is 0 Å². The van der Waals surface area contributed by atoms with Crippen LogP contribution in [0.4, 0.5) is 0 Å². The maximum atomic E-state index is 6.47. The molecule has 0 radical (unpaired) electrons. The van der Waals surface area contributed by atoms with Crippen molar-refractivity contribution >= 4 is 21.9 Å². The molecule has 1 aliphatic rings. The van der Waals surface area contributed by atoms with Crippen LogP contribution in [0, 0.1) is 0 Å².